The molecular weight excluding hydrogens is 255 g/mol. The van der Waals surface area contributed by atoms with E-state index in [1.54, 1.807) is 12.1 Å². The van der Waals surface area contributed by atoms with E-state index in [0.29, 0.717) is 5.56 Å². The van der Waals surface area contributed by atoms with E-state index >= 15 is 0 Å². The molecular formula is C17H25FO2. The third-order valence-electron chi connectivity index (χ3n) is 4.55. The molecule has 1 aliphatic rings. The molecule has 1 fully saturated rings. The van der Waals surface area contributed by atoms with Gasteiger partial charge >= 0.3 is 0 Å². The van der Waals surface area contributed by atoms with Crippen LogP contribution in [0, 0.1) is 17.7 Å². The number of halogens is 1. The molecule has 3 heteroatoms. The van der Waals surface area contributed by atoms with Crippen molar-refractivity contribution < 1.29 is 14.2 Å². The van der Waals surface area contributed by atoms with Crippen molar-refractivity contribution in [2.75, 3.05) is 7.11 Å². The van der Waals surface area contributed by atoms with E-state index in [4.69, 9.17) is 4.74 Å². The minimum Gasteiger partial charge on any atom is -0.494 e. The van der Waals surface area contributed by atoms with Crippen LogP contribution in [0.3, 0.4) is 0 Å². The zero-order chi connectivity index (χ0) is 14.5. The van der Waals surface area contributed by atoms with Crippen molar-refractivity contribution in [3.8, 4) is 5.75 Å². The molecule has 2 rings (SSSR count). The molecule has 112 valence electrons. The standard InChI is InChI=1S/C17H25FO2/c1-3-4-12-5-7-13(8-6-12)17(19)14-9-10-16(20-2)15(18)11-14/h9-13,17,19H,3-8H2,1-2H3. The van der Waals surface area contributed by atoms with Crippen LogP contribution in [-0.4, -0.2) is 12.2 Å². The summed E-state index contributed by atoms with van der Waals surface area (Å²) in [5.41, 5.74) is 0.669. The summed E-state index contributed by atoms with van der Waals surface area (Å²) in [6, 6.07) is 4.77. The molecule has 1 saturated carbocycles. The summed E-state index contributed by atoms with van der Waals surface area (Å²) >= 11 is 0. The van der Waals surface area contributed by atoms with Crippen LogP contribution in [0.25, 0.3) is 0 Å². The van der Waals surface area contributed by atoms with Gasteiger partial charge in [0.05, 0.1) is 13.2 Å². The zero-order valence-electron chi connectivity index (χ0n) is 12.4. The van der Waals surface area contributed by atoms with Crippen molar-refractivity contribution in [2.45, 2.75) is 51.6 Å². The van der Waals surface area contributed by atoms with Gasteiger partial charge in [0.25, 0.3) is 0 Å². The van der Waals surface area contributed by atoms with E-state index in [9.17, 15) is 9.50 Å². The lowest BCUT2D eigenvalue weighted by Crippen LogP contribution is -2.20. The second-order valence-electron chi connectivity index (χ2n) is 5.91. The predicted octanol–water partition coefficient (Wildman–Crippen LogP) is 4.47. The van der Waals surface area contributed by atoms with Gasteiger partial charge in [-0.3, -0.25) is 0 Å². The van der Waals surface area contributed by atoms with Gasteiger partial charge in [-0.05, 0) is 42.4 Å². The molecule has 0 heterocycles. The van der Waals surface area contributed by atoms with Crippen molar-refractivity contribution in [2.24, 2.45) is 11.8 Å². The van der Waals surface area contributed by atoms with Gasteiger partial charge in [0.1, 0.15) is 0 Å². The fraction of sp³-hybridized carbons (Fsp3) is 0.647. The van der Waals surface area contributed by atoms with Gasteiger partial charge in [0.15, 0.2) is 11.6 Å². The van der Waals surface area contributed by atoms with Crippen molar-refractivity contribution in [3.05, 3.63) is 29.6 Å². The number of methoxy groups -OCH3 is 1. The number of hydrogen-bond donors (Lipinski definition) is 1. The van der Waals surface area contributed by atoms with E-state index < -0.39 is 11.9 Å². The Hall–Kier alpha value is -1.09. The second-order valence-corrected chi connectivity index (χ2v) is 5.91. The molecule has 2 nitrogen and oxygen atoms in total. The minimum absolute atomic E-state index is 0.229. The van der Waals surface area contributed by atoms with E-state index in [2.05, 4.69) is 6.92 Å². The monoisotopic (exact) mass is 280 g/mol. The smallest absolute Gasteiger partial charge is 0.165 e. The highest BCUT2D eigenvalue weighted by molar-refractivity contribution is 5.30. The number of benzene rings is 1. The van der Waals surface area contributed by atoms with Gasteiger partial charge in [0.2, 0.25) is 0 Å². The summed E-state index contributed by atoms with van der Waals surface area (Å²) in [5, 5.41) is 10.4. The van der Waals surface area contributed by atoms with Crippen LogP contribution in [-0.2, 0) is 0 Å². The summed E-state index contributed by atoms with van der Waals surface area (Å²) in [4.78, 5) is 0. The highest BCUT2D eigenvalue weighted by Crippen LogP contribution is 2.38. The highest BCUT2D eigenvalue weighted by atomic mass is 19.1. The first-order chi connectivity index (χ1) is 9.65. The Kier molecular flexibility index (Phi) is 5.41. The van der Waals surface area contributed by atoms with Gasteiger partial charge in [-0.25, -0.2) is 4.39 Å². The largest absolute Gasteiger partial charge is 0.494 e. The average Bonchev–Trinajstić information content (AvgIpc) is 2.47. The van der Waals surface area contributed by atoms with Gasteiger partial charge in [0, 0.05) is 0 Å². The molecule has 0 spiro atoms. The fourth-order valence-corrected chi connectivity index (χ4v) is 3.34. The Morgan fingerprint density at radius 2 is 2.00 bits per heavy atom. The van der Waals surface area contributed by atoms with E-state index in [-0.39, 0.29) is 11.7 Å². The molecule has 1 unspecified atom stereocenters. The van der Waals surface area contributed by atoms with E-state index in [1.165, 1.54) is 38.9 Å². The molecule has 1 aliphatic carbocycles. The van der Waals surface area contributed by atoms with Gasteiger partial charge < -0.3 is 9.84 Å². The summed E-state index contributed by atoms with van der Waals surface area (Å²) in [6.45, 7) is 2.22. The average molecular weight is 280 g/mol. The van der Waals surface area contributed by atoms with Crippen LogP contribution in [0.1, 0.15) is 57.1 Å². The molecule has 0 amide bonds. The summed E-state index contributed by atoms with van der Waals surface area (Å²) < 4.78 is 18.6. The third-order valence-corrected chi connectivity index (χ3v) is 4.55. The van der Waals surface area contributed by atoms with Crippen molar-refractivity contribution in [1.29, 1.82) is 0 Å². The van der Waals surface area contributed by atoms with Crippen molar-refractivity contribution in [3.63, 3.8) is 0 Å². The Labute approximate surface area is 121 Å². The first-order valence-corrected chi connectivity index (χ1v) is 7.67. The SMILES string of the molecule is CCCC1CCC(C(O)c2ccc(OC)c(F)c2)CC1. The molecule has 1 aromatic carbocycles. The van der Waals surface area contributed by atoms with Crippen molar-refractivity contribution in [1.82, 2.24) is 0 Å². The van der Waals surface area contributed by atoms with Crippen LogP contribution >= 0.6 is 0 Å². The minimum atomic E-state index is -0.557. The Morgan fingerprint density at radius 1 is 1.30 bits per heavy atom. The summed E-state index contributed by atoms with van der Waals surface area (Å²) in [6.07, 6.45) is 6.43. The van der Waals surface area contributed by atoms with E-state index in [1.807, 2.05) is 0 Å². The predicted molar refractivity (Wildman–Crippen MR) is 78.3 cm³/mol. The Balaban J connectivity index is 1.98. The van der Waals surface area contributed by atoms with Gasteiger partial charge in [-0.1, -0.05) is 38.7 Å². The fourth-order valence-electron chi connectivity index (χ4n) is 3.34. The number of hydrogen-bond acceptors (Lipinski definition) is 2. The van der Waals surface area contributed by atoms with E-state index in [0.717, 1.165) is 18.8 Å². The molecule has 1 atom stereocenters. The number of aliphatic hydroxyl groups is 1. The first kappa shape index (κ1) is 15.3. The van der Waals surface area contributed by atoms with Crippen LogP contribution in [0.15, 0.2) is 18.2 Å². The van der Waals surface area contributed by atoms with Crippen molar-refractivity contribution >= 4 is 0 Å². The molecule has 1 aromatic rings. The quantitative estimate of drug-likeness (QED) is 0.862. The second kappa shape index (κ2) is 7.07. The molecule has 0 saturated heterocycles. The molecule has 0 aliphatic heterocycles. The topological polar surface area (TPSA) is 29.5 Å². The number of aliphatic hydroxyl groups excluding tert-OH is 1. The lowest BCUT2D eigenvalue weighted by Gasteiger charge is -2.31. The molecule has 1 N–H and O–H groups in total. The lowest BCUT2D eigenvalue weighted by atomic mass is 9.76. The molecule has 0 aromatic heterocycles. The maximum absolute atomic E-state index is 13.7. The van der Waals surface area contributed by atoms with Crippen LogP contribution in [0.2, 0.25) is 0 Å². The maximum Gasteiger partial charge on any atom is 0.165 e. The summed E-state index contributed by atoms with van der Waals surface area (Å²) in [5.74, 6) is 0.906. The molecule has 20 heavy (non-hydrogen) atoms. The lowest BCUT2D eigenvalue weighted by molar-refractivity contribution is 0.0719. The van der Waals surface area contributed by atoms with Crippen LogP contribution < -0.4 is 4.74 Å². The number of rotatable bonds is 5. The third kappa shape index (κ3) is 3.51. The van der Waals surface area contributed by atoms with Crippen LogP contribution in [0.4, 0.5) is 4.39 Å². The first-order valence-electron chi connectivity index (χ1n) is 7.67. The zero-order valence-corrected chi connectivity index (χ0v) is 12.4. The Morgan fingerprint density at radius 3 is 2.55 bits per heavy atom. The maximum atomic E-state index is 13.7. The molecule has 0 radical (unpaired) electrons. The molecule has 0 bridgehead atoms. The normalized spacial score (nSPS) is 24.4. The Bertz CT molecular complexity index is 425. The number of ether oxygens (including phenoxy) is 1. The highest BCUT2D eigenvalue weighted by Gasteiger charge is 2.27. The summed E-state index contributed by atoms with van der Waals surface area (Å²) in [7, 11) is 1.45. The van der Waals surface area contributed by atoms with Gasteiger partial charge in [-0.15, -0.1) is 0 Å². The van der Waals surface area contributed by atoms with Gasteiger partial charge in [-0.2, -0.15) is 0 Å². The van der Waals surface area contributed by atoms with Crippen LogP contribution in [0.5, 0.6) is 5.75 Å².